The highest BCUT2D eigenvalue weighted by Crippen LogP contribution is 2.38. The maximum absolute atomic E-state index is 12.4. The predicted molar refractivity (Wildman–Crippen MR) is 110 cm³/mol. The van der Waals surface area contributed by atoms with Crippen LogP contribution in [0, 0.1) is 0 Å². The molecule has 2 aromatic heterocycles. The highest BCUT2D eigenvalue weighted by atomic mass is 35.5. The lowest BCUT2D eigenvalue weighted by molar-refractivity contribution is -0.0328. The maximum Gasteiger partial charge on any atom is 0.446 e. The third-order valence-electron chi connectivity index (χ3n) is 3.58. The SMILES string of the molecule is Clc1ccccc1Cl.O=c1ccnc2cc(-c3cccc(SC(F)(F)F)c3)[nH]n12. The van der Waals surface area contributed by atoms with E-state index in [1.807, 2.05) is 12.1 Å². The first kappa shape index (κ1) is 21.3. The number of nitrogens with zero attached hydrogens (tertiary/aromatic N) is 2. The van der Waals surface area contributed by atoms with Gasteiger partial charge < -0.3 is 0 Å². The lowest BCUT2D eigenvalue weighted by Crippen LogP contribution is -2.12. The van der Waals surface area contributed by atoms with Gasteiger partial charge in [0.05, 0.1) is 15.7 Å². The molecule has 0 bridgehead atoms. The van der Waals surface area contributed by atoms with Gasteiger partial charge >= 0.3 is 5.51 Å². The van der Waals surface area contributed by atoms with Crippen LogP contribution in [0.4, 0.5) is 13.2 Å². The standard InChI is InChI=1S/C13H8F3N3OS.C6H4Cl2/c14-13(15,16)21-9-3-1-2-8(6-9)10-7-11-17-5-4-12(20)19(11)18-10;7-5-3-1-2-4-6(5)8/h1-7,18H;1-4H. The number of fused-ring (bicyclic) bond motifs is 1. The number of alkyl halides is 3. The predicted octanol–water partition coefficient (Wildman–Crippen LogP) is 6.29. The fourth-order valence-electron chi connectivity index (χ4n) is 2.37. The molecule has 0 aliphatic heterocycles. The van der Waals surface area contributed by atoms with Crippen molar-refractivity contribution >= 4 is 40.6 Å². The number of nitrogens with one attached hydrogen (secondary N) is 1. The molecule has 0 radical (unpaired) electrons. The Kier molecular flexibility index (Phi) is 6.56. The van der Waals surface area contributed by atoms with Crippen molar-refractivity contribution in [3.63, 3.8) is 0 Å². The summed E-state index contributed by atoms with van der Waals surface area (Å²) in [5.41, 5.74) is -3.14. The van der Waals surface area contributed by atoms with Gasteiger partial charge in [0.15, 0.2) is 5.65 Å². The number of halogens is 5. The summed E-state index contributed by atoms with van der Waals surface area (Å²) in [6.45, 7) is 0. The summed E-state index contributed by atoms with van der Waals surface area (Å²) >= 11 is 11.0. The monoisotopic (exact) mass is 457 g/mol. The summed E-state index contributed by atoms with van der Waals surface area (Å²) in [6.07, 6.45) is 1.38. The molecule has 150 valence electrons. The third-order valence-corrected chi connectivity index (χ3v) is 5.06. The van der Waals surface area contributed by atoms with Crippen LogP contribution in [0.2, 0.25) is 10.0 Å². The lowest BCUT2D eigenvalue weighted by atomic mass is 10.1. The third kappa shape index (κ3) is 5.79. The van der Waals surface area contributed by atoms with Crippen LogP contribution >= 0.6 is 35.0 Å². The molecule has 0 aliphatic rings. The van der Waals surface area contributed by atoms with E-state index < -0.39 is 5.51 Å². The first-order valence-corrected chi connectivity index (χ1v) is 9.63. The number of aromatic nitrogens is 3. The van der Waals surface area contributed by atoms with Crippen LogP contribution in [0.3, 0.4) is 0 Å². The second-order valence-electron chi connectivity index (χ2n) is 5.64. The Labute approximate surface area is 177 Å². The molecule has 4 nitrogen and oxygen atoms in total. The van der Waals surface area contributed by atoms with Crippen molar-refractivity contribution < 1.29 is 13.2 Å². The van der Waals surface area contributed by atoms with E-state index in [4.69, 9.17) is 23.2 Å². The zero-order chi connectivity index (χ0) is 21.0. The van der Waals surface area contributed by atoms with Gasteiger partial charge in [-0.2, -0.15) is 13.2 Å². The summed E-state index contributed by atoms with van der Waals surface area (Å²) in [5.74, 6) is 0. The van der Waals surface area contributed by atoms with Crippen molar-refractivity contribution in [3.05, 3.63) is 87.3 Å². The number of aromatic amines is 1. The Morgan fingerprint density at radius 3 is 2.24 bits per heavy atom. The first-order valence-electron chi connectivity index (χ1n) is 8.06. The van der Waals surface area contributed by atoms with Gasteiger partial charge in [-0.1, -0.05) is 47.5 Å². The van der Waals surface area contributed by atoms with E-state index in [-0.39, 0.29) is 22.2 Å². The average Bonchev–Trinajstić information content (AvgIpc) is 3.09. The fourth-order valence-corrected chi connectivity index (χ4v) is 3.24. The zero-order valence-electron chi connectivity index (χ0n) is 14.5. The quantitative estimate of drug-likeness (QED) is 0.359. The Morgan fingerprint density at radius 1 is 0.966 bits per heavy atom. The summed E-state index contributed by atoms with van der Waals surface area (Å²) in [5, 5.41) is 4.03. The van der Waals surface area contributed by atoms with Crippen molar-refractivity contribution in [2.24, 2.45) is 0 Å². The second-order valence-corrected chi connectivity index (χ2v) is 7.59. The van der Waals surface area contributed by atoms with Crippen LogP contribution in [0.15, 0.2) is 76.6 Å². The van der Waals surface area contributed by atoms with E-state index >= 15 is 0 Å². The molecule has 0 unspecified atom stereocenters. The van der Waals surface area contributed by atoms with Crippen LogP contribution in [0.5, 0.6) is 0 Å². The van der Waals surface area contributed by atoms with Crippen molar-refractivity contribution in [2.75, 3.05) is 0 Å². The Morgan fingerprint density at radius 2 is 1.66 bits per heavy atom. The normalized spacial score (nSPS) is 11.2. The number of hydrogen-bond acceptors (Lipinski definition) is 3. The summed E-state index contributed by atoms with van der Waals surface area (Å²) in [6, 6.07) is 16.1. The van der Waals surface area contributed by atoms with Crippen LogP contribution in [-0.2, 0) is 0 Å². The molecule has 10 heteroatoms. The fraction of sp³-hybridized carbons (Fsp3) is 0.0526. The Bertz CT molecular complexity index is 1170. The molecule has 2 heterocycles. The molecule has 0 atom stereocenters. The molecule has 4 rings (SSSR count). The minimum Gasteiger partial charge on any atom is -0.289 e. The first-order chi connectivity index (χ1) is 13.7. The second kappa shape index (κ2) is 8.94. The molecule has 29 heavy (non-hydrogen) atoms. The van der Waals surface area contributed by atoms with Crippen LogP contribution < -0.4 is 5.56 Å². The van der Waals surface area contributed by atoms with Gasteiger partial charge in [0.2, 0.25) is 0 Å². The summed E-state index contributed by atoms with van der Waals surface area (Å²) in [4.78, 5) is 15.7. The largest absolute Gasteiger partial charge is 0.446 e. The Balaban J connectivity index is 0.000000252. The molecular weight excluding hydrogens is 446 g/mol. The van der Waals surface area contributed by atoms with Crippen molar-refractivity contribution in [3.8, 4) is 11.3 Å². The highest BCUT2D eigenvalue weighted by molar-refractivity contribution is 8.00. The molecule has 0 saturated heterocycles. The molecule has 4 aromatic rings. The summed E-state index contributed by atoms with van der Waals surface area (Å²) in [7, 11) is 0. The van der Waals surface area contributed by atoms with E-state index in [0.29, 0.717) is 26.9 Å². The summed E-state index contributed by atoms with van der Waals surface area (Å²) < 4.78 is 38.4. The average molecular weight is 458 g/mol. The molecule has 0 amide bonds. The van der Waals surface area contributed by atoms with Gasteiger partial charge in [-0.25, -0.2) is 9.50 Å². The zero-order valence-corrected chi connectivity index (χ0v) is 16.8. The lowest BCUT2D eigenvalue weighted by Gasteiger charge is -2.06. The van der Waals surface area contributed by atoms with Crippen molar-refractivity contribution in [2.45, 2.75) is 10.4 Å². The van der Waals surface area contributed by atoms with Gasteiger partial charge in [0.25, 0.3) is 5.56 Å². The minimum atomic E-state index is -4.34. The van der Waals surface area contributed by atoms with Gasteiger partial charge in [0, 0.05) is 28.8 Å². The van der Waals surface area contributed by atoms with E-state index in [0.717, 1.165) is 0 Å². The van der Waals surface area contributed by atoms with Crippen LogP contribution in [-0.4, -0.2) is 20.1 Å². The number of benzene rings is 2. The molecule has 1 N–H and O–H groups in total. The molecule has 0 spiro atoms. The molecule has 0 saturated carbocycles. The van der Waals surface area contributed by atoms with Crippen LogP contribution in [0.25, 0.3) is 16.9 Å². The van der Waals surface area contributed by atoms with Gasteiger partial charge in [-0.15, -0.1) is 0 Å². The van der Waals surface area contributed by atoms with Crippen molar-refractivity contribution in [1.82, 2.24) is 14.6 Å². The number of hydrogen-bond donors (Lipinski definition) is 1. The van der Waals surface area contributed by atoms with Gasteiger partial charge in [-0.05, 0) is 36.0 Å². The number of thioether (sulfide) groups is 1. The van der Waals surface area contributed by atoms with Gasteiger partial charge in [0.1, 0.15) is 0 Å². The molecular formula is C19H12Cl2F3N3OS. The topological polar surface area (TPSA) is 50.2 Å². The number of rotatable bonds is 2. The maximum atomic E-state index is 12.4. The van der Waals surface area contributed by atoms with Gasteiger partial charge in [-0.3, -0.25) is 9.89 Å². The smallest absolute Gasteiger partial charge is 0.289 e. The van der Waals surface area contributed by atoms with E-state index in [2.05, 4.69) is 10.1 Å². The molecule has 2 aromatic carbocycles. The molecule has 0 aliphatic carbocycles. The van der Waals surface area contributed by atoms with E-state index in [9.17, 15) is 18.0 Å². The van der Waals surface area contributed by atoms with Crippen LogP contribution in [0.1, 0.15) is 0 Å². The van der Waals surface area contributed by atoms with E-state index in [1.165, 1.54) is 35.0 Å². The highest BCUT2D eigenvalue weighted by Gasteiger charge is 2.29. The Hall–Kier alpha value is -2.42. The number of H-pyrrole nitrogens is 1. The van der Waals surface area contributed by atoms with Crippen molar-refractivity contribution in [1.29, 1.82) is 0 Å². The molecule has 0 fully saturated rings. The van der Waals surface area contributed by atoms with E-state index in [1.54, 1.807) is 24.3 Å². The minimum absolute atomic E-state index is 0.0824.